The fourth-order valence-electron chi connectivity index (χ4n) is 1.42. The van der Waals surface area contributed by atoms with Crippen molar-refractivity contribution in [1.82, 2.24) is 4.90 Å². The van der Waals surface area contributed by atoms with Crippen LogP contribution in [0, 0.1) is 6.92 Å². The molecule has 0 saturated heterocycles. The Bertz CT molecular complexity index is 430. The quantitative estimate of drug-likeness (QED) is 0.793. The molecule has 0 spiro atoms. The van der Waals surface area contributed by atoms with Crippen LogP contribution in [0.5, 0.6) is 0 Å². The lowest BCUT2D eigenvalue weighted by Crippen LogP contribution is -2.43. The van der Waals surface area contributed by atoms with Crippen LogP contribution in [-0.2, 0) is 4.79 Å². The van der Waals surface area contributed by atoms with Gasteiger partial charge < -0.3 is 11.1 Å². The summed E-state index contributed by atoms with van der Waals surface area (Å²) in [4.78, 5) is 14.0. The second-order valence-corrected chi connectivity index (χ2v) is 4.88. The zero-order valence-corrected chi connectivity index (χ0v) is 11.8. The minimum atomic E-state index is -0.0937. The molecule has 3 N–H and O–H groups in total. The fourth-order valence-corrected chi connectivity index (χ4v) is 1.60. The lowest BCUT2D eigenvalue weighted by atomic mass is 10.2. The summed E-state index contributed by atoms with van der Waals surface area (Å²) in [6, 6.07) is 7.58. The summed E-state index contributed by atoms with van der Waals surface area (Å²) < 4.78 is 0. The standard InChI is InChI=1S/C13H19N3OS/c1-9-4-6-11(7-5-9)15-12(17)8-16(3)10(2)13(14)18/h4-7,10H,8H2,1-3H3,(H2,14,18)(H,15,17). The maximum absolute atomic E-state index is 11.8. The molecule has 0 aliphatic rings. The van der Waals surface area contributed by atoms with Crippen molar-refractivity contribution >= 4 is 28.8 Å². The molecule has 0 radical (unpaired) electrons. The number of nitrogens with zero attached hydrogens (tertiary/aromatic N) is 1. The van der Waals surface area contributed by atoms with Crippen LogP contribution in [0.3, 0.4) is 0 Å². The Balaban J connectivity index is 2.51. The van der Waals surface area contributed by atoms with Crippen molar-refractivity contribution in [2.75, 3.05) is 18.9 Å². The summed E-state index contributed by atoms with van der Waals surface area (Å²) in [7, 11) is 1.82. The van der Waals surface area contributed by atoms with Gasteiger partial charge in [0.2, 0.25) is 5.91 Å². The van der Waals surface area contributed by atoms with Crippen molar-refractivity contribution in [3.05, 3.63) is 29.8 Å². The molecule has 0 heterocycles. The molecule has 0 fully saturated rings. The van der Waals surface area contributed by atoms with Crippen LogP contribution in [0.2, 0.25) is 0 Å². The van der Waals surface area contributed by atoms with Gasteiger partial charge >= 0.3 is 0 Å². The van der Waals surface area contributed by atoms with Crippen LogP contribution < -0.4 is 11.1 Å². The predicted octanol–water partition coefficient (Wildman–Crippen LogP) is 1.54. The van der Waals surface area contributed by atoms with E-state index in [1.807, 2.05) is 50.1 Å². The molecule has 0 bridgehead atoms. The molecule has 5 heteroatoms. The number of carbonyl (C=O) groups excluding carboxylic acids is 1. The van der Waals surface area contributed by atoms with Gasteiger partial charge in [0.15, 0.2) is 0 Å². The van der Waals surface area contributed by atoms with Crippen molar-refractivity contribution in [2.24, 2.45) is 5.73 Å². The zero-order valence-electron chi connectivity index (χ0n) is 10.9. The number of hydrogen-bond acceptors (Lipinski definition) is 3. The first kappa shape index (κ1) is 14.6. The molecule has 1 amide bonds. The highest BCUT2D eigenvalue weighted by Crippen LogP contribution is 2.08. The Labute approximate surface area is 113 Å². The summed E-state index contributed by atoms with van der Waals surface area (Å²) in [6.07, 6.45) is 0. The lowest BCUT2D eigenvalue weighted by Gasteiger charge is -2.22. The van der Waals surface area contributed by atoms with Gasteiger partial charge in [-0.25, -0.2) is 0 Å². The van der Waals surface area contributed by atoms with Gasteiger partial charge in [-0.3, -0.25) is 9.69 Å². The third kappa shape index (κ3) is 4.43. The van der Waals surface area contributed by atoms with Crippen LogP contribution in [-0.4, -0.2) is 35.4 Å². The van der Waals surface area contributed by atoms with Crippen LogP contribution in [0.1, 0.15) is 12.5 Å². The van der Waals surface area contributed by atoms with E-state index in [4.69, 9.17) is 18.0 Å². The number of aryl methyl sites for hydroxylation is 1. The monoisotopic (exact) mass is 265 g/mol. The fraction of sp³-hybridized carbons (Fsp3) is 0.385. The van der Waals surface area contributed by atoms with Gasteiger partial charge in [0.1, 0.15) is 0 Å². The van der Waals surface area contributed by atoms with Crippen molar-refractivity contribution < 1.29 is 4.79 Å². The number of nitrogens with two attached hydrogens (primary N) is 1. The van der Waals surface area contributed by atoms with E-state index in [2.05, 4.69) is 5.32 Å². The van der Waals surface area contributed by atoms with E-state index in [1.54, 1.807) is 0 Å². The molecular weight excluding hydrogens is 246 g/mol. The molecule has 0 aliphatic carbocycles. The SMILES string of the molecule is Cc1ccc(NC(=O)CN(C)C(C)C(N)=S)cc1. The maximum atomic E-state index is 11.8. The Morgan fingerprint density at radius 1 is 1.44 bits per heavy atom. The Morgan fingerprint density at radius 3 is 2.50 bits per heavy atom. The largest absolute Gasteiger partial charge is 0.392 e. The third-order valence-corrected chi connectivity index (χ3v) is 3.14. The third-order valence-electron chi connectivity index (χ3n) is 2.80. The first-order valence-electron chi connectivity index (χ1n) is 5.76. The number of thiocarbonyl (C=S) groups is 1. The normalized spacial score (nSPS) is 12.2. The molecule has 0 saturated carbocycles. The second kappa shape index (κ2) is 6.47. The van der Waals surface area contributed by atoms with E-state index in [0.717, 1.165) is 11.3 Å². The van der Waals surface area contributed by atoms with Crippen molar-refractivity contribution in [3.63, 3.8) is 0 Å². The molecule has 0 aliphatic heterocycles. The number of hydrogen-bond donors (Lipinski definition) is 2. The molecule has 1 atom stereocenters. The number of amides is 1. The average molecular weight is 265 g/mol. The minimum Gasteiger partial charge on any atom is -0.392 e. The highest BCUT2D eigenvalue weighted by molar-refractivity contribution is 7.80. The average Bonchev–Trinajstić information content (AvgIpc) is 2.30. The van der Waals surface area contributed by atoms with Gasteiger partial charge in [-0.15, -0.1) is 0 Å². The molecule has 1 unspecified atom stereocenters. The molecule has 1 aromatic carbocycles. The first-order chi connectivity index (χ1) is 8.40. The van der Waals surface area contributed by atoms with E-state index in [9.17, 15) is 4.79 Å². The van der Waals surface area contributed by atoms with Gasteiger partial charge in [0, 0.05) is 5.69 Å². The van der Waals surface area contributed by atoms with Gasteiger partial charge in [0.05, 0.1) is 17.6 Å². The minimum absolute atomic E-state index is 0.0792. The second-order valence-electron chi connectivity index (χ2n) is 4.41. The van der Waals surface area contributed by atoms with Crippen molar-refractivity contribution in [3.8, 4) is 0 Å². The van der Waals surface area contributed by atoms with Crippen molar-refractivity contribution in [2.45, 2.75) is 19.9 Å². The summed E-state index contributed by atoms with van der Waals surface area (Å²) in [5.74, 6) is -0.0792. The summed E-state index contributed by atoms with van der Waals surface area (Å²) in [6.45, 7) is 4.14. The topological polar surface area (TPSA) is 58.4 Å². The number of likely N-dealkylation sites (N-methyl/N-ethyl adjacent to an activating group) is 1. The summed E-state index contributed by atoms with van der Waals surface area (Å²) in [5.41, 5.74) is 7.49. The molecule has 1 aromatic rings. The molecular formula is C13H19N3OS. The number of carbonyl (C=O) groups is 1. The van der Waals surface area contributed by atoms with Gasteiger partial charge in [-0.1, -0.05) is 29.9 Å². The van der Waals surface area contributed by atoms with Gasteiger partial charge in [-0.2, -0.15) is 0 Å². The van der Waals surface area contributed by atoms with E-state index in [-0.39, 0.29) is 18.5 Å². The molecule has 98 valence electrons. The van der Waals surface area contributed by atoms with E-state index in [0.29, 0.717) is 4.99 Å². The van der Waals surface area contributed by atoms with Gasteiger partial charge in [0.25, 0.3) is 0 Å². The van der Waals surface area contributed by atoms with E-state index in [1.165, 1.54) is 0 Å². The Hall–Kier alpha value is -1.46. The maximum Gasteiger partial charge on any atom is 0.238 e. The summed E-state index contributed by atoms with van der Waals surface area (Å²) >= 11 is 4.90. The van der Waals surface area contributed by atoms with Crippen LogP contribution in [0.4, 0.5) is 5.69 Å². The van der Waals surface area contributed by atoms with E-state index >= 15 is 0 Å². The van der Waals surface area contributed by atoms with Crippen LogP contribution in [0.25, 0.3) is 0 Å². The van der Waals surface area contributed by atoms with Crippen LogP contribution in [0.15, 0.2) is 24.3 Å². The number of rotatable bonds is 5. The van der Waals surface area contributed by atoms with E-state index < -0.39 is 0 Å². The van der Waals surface area contributed by atoms with Gasteiger partial charge in [-0.05, 0) is 33.0 Å². The first-order valence-corrected chi connectivity index (χ1v) is 6.17. The highest BCUT2D eigenvalue weighted by Gasteiger charge is 2.14. The molecule has 1 rings (SSSR count). The molecule has 0 aromatic heterocycles. The van der Waals surface area contributed by atoms with Crippen LogP contribution >= 0.6 is 12.2 Å². The Morgan fingerprint density at radius 2 is 2.00 bits per heavy atom. The van der Waals surface area contributed by atoms with Crippen molar-refractivity contribution in [1.29, 1.82) is 0 Å². The summed E-state index contributed by atoms with van der Waals surface area (Å²) in [5, 5.41) is 2.83. The number of anilines is 1. The smallest absolute Gasteiger partial charge is 0.238 e. The lowest BCUT2D eigenvalue weighted by molar-refractivity contribution is -0.117. The molecule has 18 heavy (non-hydrogen) atoms. The zero-order chi connectivity index (χ0) is 13.7. The number of benzene rings is 1. The Kier molecular flexibility index (Phi) is 5.25. The molecule has 4 nitrogen and oxygen atoms in total. The predicted molar refractivity (Wildman–Crippen MR) is 78.7 cm³/mol. The highest BCUT2D eigenvalue weighted by atomic mass is 32.1. The number of nitrogens with one attached hydrogen (secondary N) is 1.